The molecule has 2 heterocycles. The summed E-state index contributed by atoms with van der Waals surface area (Å²) in [6.07, 6.45) is 3.74. The normalized spacial score (nSPS) is 16.7. The predicted molar refractivity (Wildman–Crippen MR) is 95.9 cm³/mol. The first kappa shape index (κ1) is 19.0. The van der Waals surface area contributed by atoms with Crippen molar-refractivity contribution in [2.45, 2.75) is 37.6 Å². The van der Waals surface area contributed by atoms with E-state index in [1.54, 1.807) is 12.1 Å². The Bertz CT molecular complexity index is 856. The van der Waals surface area contributed by atoms with Crippen LogP contribution in [0.15, 0.2) is 36.7 Å². The highest BCUT2D eigenvalue weighted by atomic mass is 19.1. The molecule has 1 amide bonds. The molecule has 1 aromatic carbocycles. The number of aliphatic carboxylic acids is 1. The molecule has 2 N–H and O–H groups in total. The number of nitrogens with zero attached hydrogens (tertiary/aromatic N) is 2. The minimum Gasteiger partial charge on any atom is -0.479 e. The van der Waals surface area contributed by atoms with Crippen LogP contribution in [0.3, 0.4) is 0 Å². The molecule has 8 heteroatoms. The molecule has 1 aliphatic rings. The number of hydrogen-bond donors (Lipinski definition) is 2. The third kappa shape index (κ3) is 3.57. The van der Waals surface area contributed by atoms with Gasteiger partial charge in [-0.25, -0.2) is 9.18 Å². The van der Waals surface area contributed by atoms with Gasteiger partial charge in [-0.05, 0) is 44.4 Å². The Labute approximate surface area is 156 Å². The topological polar surface area (TPSA) is 93.5 Å². The van der Waals surface area contributed by atoms with Crippen molar-refractivity contribution in [2.24, 2.45) is 0 Å². The lowest BCUT2D eigenvalue weighted by Crippen LogP contribution is -2.44. The van der Waals surface area contributed by atoms with Gasteiger partial charge < -0.3 is 15.2 Å². The van der Waals surface area contributed by atoms with E-state index in [2.05, 4.69) is 10.4 Å². The van der Waals surface area contributed by atoms with Crippen molar-refractivity contribution in [3.63, 3.8) is 0 Å². The zero-order valence-corrected chi connectivity index (χ0v) is 15.2. The van der Waals surface area contributed by atoms with Crippen LogP contribution in [0.25, 0.3) is 0 Å². The Morgan fingerprint density at radius 2 is 2.04 bits per heavy atom. The number of ether oxygens (including phenoxy) is 1. The lowest BCUT2D eigenvalue weighted by molar-refractivity contribution is -0.146. The highest BCUT2D eigenvalue weighted by Gasteiger charge is 2.42. The minimum atomic E-state index is -1.25. The molecule has 0 unspecified atom stereocenters. The van der Waals surface area contributed by atoms with Crippen LogP contribution in [0.5, 0.6) is 0 Å². The highest BCUT2D eigenvalue weighted by molar-refractivity contribution is 5.99. The molecule has 0 radical (unpaired) electrons. The van der Waals surface area contributed by atoms with Crippen LogP contribution in [-0.2, 0) is 25.3 Å². The lowest BCUT2D eigenvalue weighted by atomic mass is 9.73. The smallest absolute Gasteiger partial charge is 0.331 e. The molecule has 7 nitrogen and oxygen atoms in total. The van der Waals surface area contributed by atoms with Gasteiger partial charge in [0, 0.05) is 19.4 Å². The number of anilines is 1. The van der Waals surface area contributed by atoms with Crippen LogP contribution >= 0.6 is 0 Å². The Morgan fingerprint density at radius 3 is 2.67 bits per heavy atom. The molecule has 3 rings (SSSR count). The van der Waals surface area contributed by atoms with Gasteiger partial charge >= 0.3 is 5.97 Å². The van der Waals surface area contributed by atoms with E-state index in [0.717, 1.165) is 0 Å². The second kappa shape index (κ2) is 7.11. The Hall–Kier alpha value is -2.74. The van der Waals surface area contributed by atoms with Crippen LogP contribution in [-0.4, -0.2) is 40.0 Å². The van der Waals surface area contributed by atoms with Crippen molar-refractivity contribution >= 4 is 17.6 Å². The average molecular weight is 375 g/mol. The van der Waals surface area contributed by atoms with Crippen LogP contribution in [0, 0.1) is 5.82 Å². The summed E-state index contributed by atoms with van der Waals surface area (Å²) in [4.78, 5) is 24.5. The summed E-state index contributed by atoms with van der Waals surface area (Å²) >= 11 is 0. The number of carboxylic acids is 1. The number of nitrogens with one attached hydrogen (secondary N) is 1. The van der Waals surface area contributed by atoms with E-state index in [0.29, 0.717) is 37.3 Å². The average Bonchev–Trinajstić information content (AvgIpc) is 3.11. The summed E-state index contributed by atoms with van der Waals surface area (Å²) in [5.74, 6) is -1.73. The molecule has 0 atom stereocenters. The van der Waals surface area contributed by atoms with Crippen molar-refractivity contribution in [2.75, 3.05) is 18.5 Å². The number of rotatable bonds is 5. The van der Waals surface area contributed by atoms with E-state index in [9.17, 15) is 19.1 Å². The Morgan fingerprint density at radius 1 is 1.33 bits per heavy atom. The van der Waals surface area contributed by atoms with Crippen molar-refractivity contribution in [3.8, 4) is 0 Å². The van der Waals surface area contributed by atoms with Crippen LogP contribution < -0.4 is 5.32 Å². The van der Waals surface area contributed by atoms with E-state index >= 15 is 0 Å². The molecular weight excluding hydrogens is 353 g/mol. The summed E-state index contributed by atoms with van der Waals surface area (Å²) in [5, 5.41) is 16.2. The number of hydrogen-bond acceptors (Lipinski definition) is 4. The van der Waals surface area contributed by atoms with E-state index in [4.69, 9.17) is 4.74 Å². The fourth-order valence-electron chi connectivity index (χ4n) is 3.19. The van der Waals surface area contributed by atoms with Gasteiger partial charge in [-0.1, -0.05) is 12.1 Å². The number of benzene rings is 1. The van der Waals surface area contributed by atoms with E-state index in [-0.39, 0.29) is 5.91 Å². The standard InChI is InChI=1S/C19H22FN3O4/c1-18(2,17(25)26)23-12-15(11-21-23)22-16(24)19(6-8-27-9-7-19)13-4-3-5-14(20)10-13/h3-5,10-12H,6-9H2,1-2H3,(H,22,24)(H,25,26). The van der Waals surface area contributed by atoms with E-state index in [1.165, 1.54) is 43.1 Å². The maximum absolute atomic E-state index is 13.8. The van der Waals surface area contributed by atoms with Gasteiger partial charge in [0.15, 0.2) is 5.54 Å². The quantitative estimate of drug-likeness (QED) is 0.838. The number of aromatic nitrogens is 2. The fraction of sp³-hybridized carbons (Fsp3) is 0.421. The number of carboxylic acid groups (broad SMARTS) is 1. The number of carbonyl (C=O) groups excluding carboxylic acids is 1. The number of amides is 1. The van der Waals surface area contributed by atoms with Crippen molar-refractivity contribution in [1.29, 1.82) is 0 Å². The minimum absolute atomic E-state index is 0.288. The second-order valence-electron chi connectivity index (χ2n) is 7.20. The molecule has 144 valence electrons. The molecule has 0 bridgehead atoms. The van der Waals surface area contributed by atoms with Crippen molar-refractivity contribution in [3.05, 3.63) is 48.0 Å². The van der Waals surface area contributed by atoms with Crippen LogP contribution in [0.1, 0.15) is 32.3 Å². The zero-order chi connectivity index (χ0) is 19.7. The molecule has 1 fully saturated rings. The van der Waals surface area contributed by atoms with Gasteiger partial charge in [-0.3, -0.25) is 9.48 Å². The summed E-state index contributed by atoms with van der Waals surface area (Å²) in [5.41, 5.74) is -1.18. The molecule has 27 heavy (non-hydrogen) atoms. The van der Waals surface area contributed by atoms with Crippen molar-refractivity contribution in [1.82, 2.24) is 9.78 Å². The van der Waals surface area contributed by atoms with E-state index < -0.39 is 22.7 Å². The molecule has 1 aliphatic heterocycles. The fourth-order valence-corrected chi connectivity index (χ4v) is 3.19. The Kier molecular flexibility index (Phi) is 5.01. The van der Waals surface area contributed by atoms with Crippen LogP contribution in [0.2, 0.25) is 0 Å². The molecular formula is C19H22FN3O4. The number of halogens is 1. The largest absolute Gasteiger partial charge is 0.479 e. The molecule has 1 saturated heterocycles. The van der Waals surface area contributed by atoms with Gasteiger partial charge in [0.2, 0.25) is 5.91 Å². The SMILES string of the molecule is CC(C)(C(=O)O)n1cc(NC(=O)C2(c3cccc(F)c3)CCOCC2)cn1. The third-order valence-corrected chi connectivity index (χ3v) is 5.09. The first-order chi connectivity index (χ1) is 12.8. The van der Waals surface area contributed by atoms with Crippen LogP contribution in [0.4, 0.5) is 10.1 Å². The summed E-state index contributed by atoms with van der Waals surface area (Å²) in [6, 6.07) is 6.04. The molecule has 0 aliphatic carbocycles. The number of carbonyl (C=O) groups is 2. The Balaban J connectivity index is 1.88. The maximum atomic E-state index is 13.8. The van der Waals surface area contributed by atoms with Gasteiger partial charge in [-0.15, -0.1) is 0 Å². The summed E-state index contributed by atoms with van der Waals surface area (Å²) in [6.45, 7) is 3.83. The lowest BCUT2D eigenvalue weighted by Gasteiger charge is -2.36. The molecule has 1 aromatic heterocycles. The van der Waals surface area contributed by atoms with Gasteiger partial charge in [-0.2, -0.15) is 5.10 Å². The van der Waals surface area contributed by atoms with E-state index in [1.807, 2.05) is 0 Å². The van der Waals surface area contributed by atoms with Gasteiger partial charge in [0.05, 0.1) is 17.3 Å². The monoisotopic (exact) mass is 375 g/mol. The maximum Gasteiger partial charge on any atom is 0.331 e. The summed E-state index contributed by atoms with van der Waals surface area (Å²) < 4.78 is 20.4. The zero-order valence-electron chi connectivity index (χ0n) is 15.2. The summed E-state index contributed by atoms with van der Waals surface area (Å²) in [7, 11) is 0. The highest BCUT2D eigenvalue weighted by Crippen LogP contribution is 2.36. The molecule has 0 saturated carbocycles. The first-order valence-corrected chi connectivity index (χ1v) is 8.69. The predicted octanol–water partition coefficient (Wildman–Crippen LogP) is 2.53. The van der Waals surface area contributed by atoms with Gasteiger partial charge in [0.25, 0.3) is 0 Å². The van der Waals surface area contributed by atoms with Crippen molar-refractivity contribution < 1.29 is 23.8 Å². The first-order valence-electron chi connectivity index (χ1n) is 8.69. The second-order valence-corrected chi connectivity index (χ2v) is 7.20. The van der Waals surface area contributed by atoms with Gasteiger partial charge in [0.1, 0.15) is 5.82 Å². The molecule has 0 spiro atoms. The molecule has 2 aromatic rings. The third-order valence-electron chi connectivity index (χ3n) is 5.09.